The number of amides is 1. The van der Waals surface area contributed by atoms with Crippen molar-refractivity contribution >= 4 is 71.6 Å². The number of nitrogens with zero attached hydrogens (tertiary/aromatic N) is 3. The summed E-state index contributed by atoms with van der Waals surface area (Å²) in [6, 6.07) is 9.80. The van der Waals surface area contributed by atoms with Crippen molar-refractivity contribution in [3.63, 3.8) is 0 Å². The molecule has 0 fully saturated rings. The van der Waals surface area contributed by atoms with Gasteiger partial charge in [-0.3, -0.25) is 14.9 Å². The maximum atomic E-state index is 12.3. The number of aromatic nitrogens is 2. The number of hydrogen-bond acceptors (Lipinski definition) is 8. The Morgan fingerprint density at radius 2 is 1.78 bits per heavy atom. The Morgan fingerprint density at radius 1 is 1.11 bits per heavy atom. The minimum atomic E-state index is -0.465. The van der Waals surface area contributed by atoms with Crippen molar-refractivity contribution in [1.82, 2.24) is 9.97 Å². The lowest BCUT2D eigenvalue weighted by Crippen LogP contribution is -2.14. The highest BCUT2D eigenvalue weighted by Gasteiger charge is 2.14. The molecule has 0 bridgehead atoms. The fourth-order valence-corrected chi connectivity index (χ4v) is 5.25. The zero-order valence-corrected chi connectivity index (χ0v) is 16.4. The van der Waals surface area contributed by atoms with Crippen molar-refractivity contribution in [2.45, 2.75) is 10.8 Å². The third-order valence-electron chi connectivity index (χ3n) is 3.83. The highest BCUT2D eigenvalue weighted by Crippen LogP contribution is 2.38. The molecule has 1 amide bonds. The highest BCUT2D eigenvalue weighted by atomic mass is 32.2. The number of benzene rings is 2. The largest absolute Gasteiger partial charge is 0.302 e. The lowest BCUT2D eigenvalue weighted by molar-refractivity contribution is -0.384. The molecule has 2 aromatic carbocycles. The number of nitro benzene ring substituents is 1. The van der Waals surface area contributed by atoms with Crippen LogP contribution >= 0.6 is 34.4 Å². The zero-order valence-electron chi connectivity index (χ0n) is 14.0. The summed E-state index contributed by atoms with van der Waals surface area (Å²) >= 11 is 4.65. The number of fused-ring (bicyclic) bond motifs is 3. The normalized spacial score (nSPS) is 11.1. The second kappa shape index (κ2) is 7.22. The average Bonchev–Trinajstić information content (AvgIpc) is 3.24. The third-order valence-corrected chi connectivity index (χ3v) is 7.03. The maximum absolute atomic E-state index is 12.3. The van der Waals surface area contributed by atoms with Gasteiger partial charge in [0, 0.05) is 12.1 Å². The van der Waals surface area contributed by atoms with Crippen LogP contribution in [0, 0.1) is 10.1 Å². The molecule has 0 spiro atoms. The molecule has 0 saturated carbocycles. The van der Waals surface area contributed by atoms with E-state index in [9.17, 15) is 14.9 Å². The number of nitro groups is 1. The van der Waals surface area contributed by atoms with Crippen LogP contribution in [-0.4, -0.2) is 27.1 Å². The Kier molecular flexibility index (Phi) is 4.77. The Hall–Kier alpha value is -2.56. The number of thiazole rings is 2. The van der Waals surface area contributed by atoms with Crippen LogP contribution in [0.2, 0.25) is 0 Å². The topological polar surface area (TPSA) is 98.0 Å². The van der Waals surface area contributed by atoms with E-state index in [0.29, 0.717) is 10.7 Å². The summed E-state index contributed by atoms with van der Waals surface area (Å²) in [5, 5.41) is 14.0. The first kappa shape index (κ1) is 17.8. The van der Waals surface area contributed by atoms with Gasteiger partial charge in [0.25, 0.3) is 5.69 Å². The summed E-state index contributed by atoms with van der Waals surface area (Å²) < 4.78 is 3.08. The van der Waals surface area contributed by atoms with E-state index in [1.807, 2.05) is 18.4 Å². The fourth-order valence-electron chi connectivity index (χ4n) is 2.58. The molecule has 0 radical (unpaired) electrons. The molecule has 1 N–H and O–H groups in total. The van der Waals surface area contributed by atoms with E-state index in [1.54, 1.807) is 35.2 Å². The highest BCUT2D eigenvalue weighted by molar-refractivity contribution is 8.00. The Labute approximate surface area is 165 Å². The molecule has 136 valence electrons. The molecule has 7 nitrogen and oxygen atoms in total. The number of carbonyl (C=O) groups excluding carboxylic acids is 1. The minimum Gasteiger partial charge on any atom is -0.302 e. The number of thioether (sulfide) groups is 1. The molecule has 2 aromatic heterocycles. The Morgan fingerprint density at radius 3 is 2.44 bits per heavy atom. The first-order valence-corrected chi connectivity index (χ1v) is 10.7. The van der Waals surface area contributed by atoms with Gasteiger partial charge >= 0.3 is 0 Å². The van der Waals surface area contributed by atoms with Crippen LogP contribution in [0.5, 0.6) is 0 Å². The summed E-state index contributed by atoms with van der Waals surface area (Å²) in [4.78, 5) is 31.6. The molecule has 0 aliphatic rings. The van der Waals surface area contributed by atoms with Crippen LogP contribution in [-0.2, 0) is 11.2 Å². The first-order chi connectivity index (χ1) is 13.0. The SMILES string of the molecule is CSc1nc2ccc3nc(NC(=O)Cc4ccc([N+](=O)[O-])cc4)sc3c2s1. The van der Waals surface area contributed by atoms with Gasteiger partial charge in [-0.05, 0) is 24.0 Å². The van der Waals surface area contributed by atoms with Gasteiger partial charge in [-0.25, -0.2) is 9.97 Å². The molecular weight excluding hydrogens is 404 g/mol. The molecule has 4 aromatic rings. The van der Waals surface area contributed by atoms with Crippen LogP contribution in [0.15, 0.2) is 40.7 Å². The molecule has 4 rings (SSSR count). The predicted octanol–water partition coefficient (Wildman–Crippen LogP) is 4.72. The van der Waals surface area contributed by atoms with Crippen LogP contribution < -0.4 is 5.32 Å². The Balaban J connectivity index is 1.54. The van der Waals surface area contributed by atoms with Gasteiger partial charge in [0.15, 0.2) is 9.47 Å². The van der Waals surface area contributed by atoms with Crippen molar-refractivity contribution < 1.29 is 9.72 Å². The summed E-state index contributed by atoms with van der Waals surface area (Å²) in [5.74, 6) is -0.215. The van der Waals surface area contributed by atoms with Gasteiger partial charge in [0.1, 0.15) is 0 Å². The molecule has 2 heterocycles. The van der Waals surface area contributed by atoms with Crippen molar-refractivity contribution in [1.29, 1.82) is 0 Å². The summed E-state index contributed by atoms with van der Waals surface area (Å²) in [6.45, 7) is 0. The van der Waals surface area contributed by atoms with Gasteiger partial charge in [-0.2, -0.15) is 0 Å². The van der Waals surface area contributed by atoms with Gasteiger partial charge in [0.2, 0.25) is 5.91 Å². The standard InChI is InChI=1S/C17H12N4O3S3/c1-25-17-19-12-7-6-11-14(15(12)27-17)26-16(18-11)20-13(22)8-9-2-4-10(5-3-9)21(23)24/h2-7H,8H2,1H3,(H,18,20,22). The fraction of sp³-hybridized carbons (Fsp3) is 0.118. The van der Waals surface area contributed by atoms with Gasteiger partial charge in [-0.1, -0.05) is 35.2 Å². The molecule has 10 heteroatoms. The molecule has 0 aliphatic heterocycles. The van der Waals surface area contributed by atoms with E-state index in [1.165, 1.54) is 23.5 Å². The van der Waals surface area contributed by atoms with Crippen LogP contribution in [0.25, 0.3) is 20.4 Å². The molecule has 0 aliphatic carbocycles. The third kappa shape index (κ3) is 3.64. The summed E-state index contributed by atoms with van der Waals surface area (Å²) in [7, 11) is 0. The lowest BCUT2D eigenvalue weighted by Gasteiger charge is -2.01. The zero-order chi connectivity index (χ0) is 19.0. The van der Waals surface area contributed by atoms with Crippen molar-refractivity contribution in [3.05, 3.63) is 52.1 Å². The number of non-ortho nitro benzene ring substituents is 1. The van der Waals surface area contributed by atoms with Crippen LogP contribution in [0.3, 0.4) is 0 Å². The van der Waals surface area contributed by atoms with E-state index in [0.717, 1.165) is 24.8 Å². The van der Waals surface area contributed by atoms with Gasteiger partial charge in [-0.15, -0.1) is 11.3 Å². The van der Waals surface area contributed by atoms with Crippen LogP contribution in [0.1, 0.15) is 5.56 Å². The maximum Gasteiger partial charge on any atom is 0.269 e. The van der Waals surface area contributed by atoms with E-state index < -0.39 is 4.92 Å². The summed E-state index contributed by atoms with van der Waals surface area (Å²) in [6.07, 6.45) is 2.12. The smallest absolute Gasteiger partial charge is 0.269 e. The lowest BCUT2D eigenvalue weighted by atomic mass is 10.1. The van der Waals surface area contributed by atoms with E-state index in [-0.39, 0.29) is 18.0 Å². The number of carbonyl (C=O) groups is 1. The van der Waals surface area contributed by atoms with Gasteiger partial charge < -0.3 is 5.32 Å². The molecule has 27 heavy (non-hydrogen) atoms. The molecule has 0 saturated heterocycles. The molecule has 0 atom stereocenters. The predicted molar refractivity (Wildman–Crippen MR) is 110 cm³/mol. The van der Waals surface area contributed by atoms with E-state index in [2.05, 4.69) is 15.3 Å². The van der Waals surface area contributed by atoms with Gasteiger partial charge in [0.05, 0.1) is 31.8 Å². The number of anilines is 1. The number of rotatable bonds is 5. The second-order valence-corrected chi connectivity index (χ2v) is 8.66. The molecule has 0 unspecified atom stereocenters. The van der Waals surface area contributed by atoms with Crippen LogP contribution in [0.4, 0.5) is 10.8 Å². The first-order valence-electron chi connectivity index (χ1n) is 7.81. The van der Waals surface area contributed by atoms with Crippen molar-refractivity contribution in [2.75, 3.05) is 11.6 Å². The van der Waals surface area contributed by atoms with Crippen molar-refractivity contribution in [2.24, 2.45) is 0 Å². The molecular formula is C17H12N4O3S3. The summed E-state index contributed by atoms with van der Waals surface area (Å²) in [5.41, 5.74) is 2.47. The Bertz CT molecular complexity index is 1170. The van der Waals surface area contributed by atoms with E-state index in [4.69, 9.17) is 0 Å². The van der Waals surface area contributed by atoms with Crippen molar-refractivity contribution in [3.8, 4) is 0 Å². The monoisotopic (exact) mass is 416 g/mol. The quantitative estimate of drug-likeness (QED) is 0.287. The average molecular weight is 417 g/mol. The number of nitrogens with one attached hydrogen (secondary N) is 1. The van der Waals surface area contributed by atoms with E-state index >= 15 is 0 Å². The second-order valence-electron chi connectivity index (χ2n) is 5.61. The number of hydrogen-bond donors (Lipinski definition) is 1. The minimum absolute atomic E-state index is 0.00326.